The topological polar surface area (TPSA) is 71.2 Å². The highest BCUT2D eigenvalue weighted by atomic mass is 32.1. The monoisotopic (exact) mass is 352 g/mol. The van der Waals surface area contributed by atoms with Crippen molar-refractivity contribution in [2.75, 3.05) is 24.2 Å². The Hall–Kier alpha value is -2.70. The number of nitrogens with one attached hydrogen (secondary N) is 1. The van der Waals surface area contributed by atoms with Gasteiger partial charge >= 0.3 is 0 Å². The van der Waals surface area contributed by atoms with E-state index in [1.165, 1.54) is 11.3 Å². The summed E-state index contributed by atoms with van der Waals surface area (Å²) < 4.78 is 0. The summed E-state index contributed by atoms with van der Waals surface area (Å²) in [5, 5.41) is 5.65. The predicted octanol–water partition coefficient (Wildman–Crippen LogP) is 3.14. The van der Waals surface area contributed by atoms with Crippen molar-refractivity contribution in [1.29, 1.82) is 0 Å². The summed E-state index contributed by atoms with van der Waals surface area (Å²) >= 11 is 1.42. The number of hydrogen-bond acceptors (Lipinski definition) is 5. The number of carbonyl (C=O) groups is 1. The van der Waals surface area contributed by atoms with Crippen molar-refractivity contribution in [2.24, 2.45) is 0 Å². The third kappa shape index (κ3) is 4.43. The minimum absolute atomic E-state index is 0.0154. The first-order valence-electron chi connectivity index (χ1n) is 7.96. The van der Waals surface area contributed by atoms with Gasteiger partial charge in [0.1, 0.15) is 0 Å². The molecular formula is C19H20N4OS. The van der Waals surface area contributed by atoms with Crippen LogP contribution < -0.4 is 16.0 Å². The first-order chi connectivity index (χ1) is 12.1. The standard InChI is InChI=1S/C19H20N4OS/c1-23(18(24)12-21-11-14-5-3-2-4-6-14)16-9-7-15(8-10-16)17-13-25-19(20)22-17/h2-10,13,21H,11-12H2,1H3,(H2,20,22). The molecule has 3 rings (SSSR count). The van der Waals surface area contributed by atoms with Gasteiger partial charge in [-0.05, 0) is 17.7 Å². The van der Waals surface area contributed by atoms with Crippen LogP contribution in [0.3, 0.4) is 0 Å². The van der Waals surface area contributed by atoms with Gasteiger partial charge in [-0.3, -0.25) is 4.79 Å². The third-order valence-electron chi connectivity index (χ3n) is 3.89. The van der Waals surface area contributed by atoms with E-state index >= 15 is 0 Å². The second-order valence-electron chi connectivity index (χ2n) is 5.66. The number of anilines is 2. The number of thiazole rings is 1. The van der Waals surface area contributed by atoms with Crippen molar-refractivity contribution < 1.29 is 4.79 Å². The van der Waals surface area contributed by atoms with Gasteiger partial charge in [0.15, 0.2) is 5.13 Å². The molecule has 0 aliphatic rings. The minimum Gasteiger partial charge on any atom is -0.375 e. The highest BCUT2D eigenvalue weighted by molar-refractivity contribution is 7.13. The van der Waals surface area contributed by atoms with Crippen molar-refractivity contribution in [3.63, 3.8) is 0 Å². The Morgan fingerprint density at radius 1 is 1.16 bits per heavy atom. The minimum atomic E-state index is 0.0154. The highest BCUT2D eigenvalue weighted by Crippen LogP contribution is 2.25. The summed E-state index contributed by atoms with van der Waals surface area (Å²) in [6.45, 7) is 0.959. The average molecular weight is 352 g/mol. The van der Waals surface area contributed by atoms with Crippen molar-refractivity contribution in [1.82, 2.24) is 10.3 Å². The normalized spacial score (nSPS) is 10.6. The Morgan fingerprint density at radius 2 is 1.88 bits per heavy atom. The zero-order valence-corrected chi connectivity index (χ0v) is 14.8. The van der Waals surface area contributed by atoms with E-state index in [0.29, 0.717) is 11.7 Å². The van der Waals surface area contributed by atoms with E-state index in [1.54, 1.807) is 11.9 Å². The molecule has 5 nitrogen and oxygen atoms in total. The van der Waals surface area contributed by atoms with E-state index in [9.17, 15) is 4.79 Å². The maximum atomic E-state index is 12.3. The maximum absolute atomic E-state index is 12.3. The Labute approximate surface area is 151 Å². The van der Waals surface area contributed by atoms with E-state index in [0.717, 1.165) is 22.5 Å². The summed E-state index contributed by atoms with van der Waals surface area (Å²) in [4.78, 5) is 18.2. The molecule has 0 aliphatic carbocycles. The van der Waals surface area contributed by atoms with Crippen LogP contribution >= 0.6 is 11.3 Å². The number of hydrogen-bond donors (Lipinski definition) is 2. The molecule has 0 spiro atoms. The molecule has 0 unspecified atom stereocenters. The van der Waals surface area contributed by atoms with Crippen LogP contribution in [0.1, 0.15) is 5.56 Å². The van der Waals surface area contributed by atoms with Gasteiger partial charge < -0.3 is 16.0 Å². The van der Waals surface area contributed by atoms with Crippen LogP contribution in [-0.4, -0.2) is 24.5 Å². The molecule has 0 atom stereocenters. The Bertz CT molecular complexity index is 830. The molecule has 25 heavy (non-hydrogen) atoms. The second-order valence-corrected chi connectivity index (χ2v) is 6.55. The lowest BCUT2D eigenvalue weighted by atomic mass is 10.1. The fourth-order valence-corrected chi connectivity index (χ4v) is 3.02. The lowest BCUT2D eigenvalue weighted by Gasteiger charge is -2.18. The third-order valence-corrected chi connectivity index (χ3v) is 4.57. The number of rotatable bonds is 6. The Balaban J connectivity index is 1.56. The largest absolute Gasteiger partial charge is 0.375 e. The molecule has 0 saturated carbocycles. The molecule has 3 N–H and O–H groups in total. The number of carbonyl (C=O) groups excluding carboxylic acids is 1. The first-order valence-corrected chi connectivity index (χ1v) is 8.84. The molecule has 0 fully saturated rings. The number of nitrogen functional groups attached to an aromatic ring is 1. The highest BCUT2D eigenvalue weighted by Gasteiger charge is 2.11. The van der Waals surface area contributed by atoms with E-state index in [4.69, 9.17) is 5.73 Å². The second kappa shape index (κ2) is 7.92. The van der Waals surface area contributed by atoms with Gasteiger partial charge in [0.05, 0.1) is 12.2 Å². The van der Waals surface area contributed by atoms with Crippen LogP contribution in [0.4, 0.5) is 10.8 Å². The van der Waals surface area contributed by atoms with Crippen LogP contribution in [-0.2, 0) is 11.3 Å². The predicted molar refractivity (Wildman–Crippen MR) is 104 cm³/mol. The fraction of sp³-hybridized carbons (Fsp3) is 0.158. The van der Waals surface area contributed by atoms with Gasteiger partial charge in [-0.15, -0.1) is 11.3 Å². The summed E-state index contributed by atoms with van der Waals surface area (Å²) in [5.41, 5.74) is 9.51. The Kier molecular flexibility index (Phi) is 5.42. The molecule has 1 heterocycles. The molecule has 128 valence electrons. The number of amides is 1. The summed E-state index contributed by atoms with van der Waals surface area (Å²) in [6, 6.07) is 17.8. The fourth-order valence-electron chi connectivity index (χ4n) is 2.45. The average Bonchev–Trinajstić information content (AvgIpc) is 3.08. The molecule has 0 saturated heterocycles. The summed E-state index contributed by atoms with van der Waals surface area (Å²) in [5.74, 6) is 0.0154. The van der Waals surface area contributed by atoms with Crippen molar-refractivity contribution in [2.45, 2.75) is 6.54 Å². The van der Waals surface area contributed by atoms with Crippen LogP contribution in [0.25, 0.3) is 11.3 Å². The van der Waals surface area contributed by atoms with E-state index in [1.807, 2.05) is 60.0 Å². The van der Waals surface area contributed by atoms with E-state index in [-0.39, 0.29) is 12.5 Å². The first kappa shape index (κ1) is 17.1. The molecule has 0 bridgehead atoms. The van der Waals surface area contributed by atoms with Crippen molar-refractivity contribution in [3.05, 3.63) is 65.5 Å². The smallest absolute Gasteiger partial charge is 0.240 e. The zero-order valence-electron chi connectivity index (χ0n) is 14.0. The van der Waals surface area contributed by atoms with E-state index in [2.05, 4.69) is 10.3 Å². The molecule has 6 heteroatoms. The number of nitrogens with two attached hydrogens (primary N) is 1. The van der Waals surface area contributed by atoms with Crippen molar-refractivity contribution >= 4 is 28.1 Å². The quantitative estimate of drug-likeness (QED) is 0.715. The van der Waals surface area contributed by atoms with Crippen LogP contribution in [0, 0.1) is 0 Å². The summed E-state index contributed by atoms with van der Waals surface area (Å²) in [7, 11) is 1.78. The van der Waals surface area contributed by atoms with Gasteiger partial charge in [0.2, 0.25) is 5.91 Å². The van der Waals surface area contributed by atoms with Crippen molar-refractivity contribution in [3.8, 4) is 11.3 Å². The van der Waals surface area contributed by atoms with Crippen LogP contribution in [0.2, 0.25) is 0 Å². The molecule has 1 amide bonds. The van der Waals surface area contributed by atoms with Crippen LogP contribution in [0.15, 0.2) is 60.0 Å². The number of benzene rings is 2. The SMILES string of the molecule is CN(C(=O)CNCc1ccccc1)c1ccc(-c2csc(N)n2)cc1. The molecule has 2 aromatic carbocycles. The zero-order chi connectivity index (χ0) is 17.6. The Morgan fingerprint density at radius 3 is 2.52 bits per heavy atom. The molecule has 0 aliphatic heterocycles. The maximum Gasteiger partial charge on any atom is 0.240 e. The molecule has 0 radical (unpaired) electrons. The summed E-state index contributed by atoms with van der Waals surface area (Å²) in [6.07, 6.45) is 0. The number of nitrogens with zero attached hydrogens (tertiary/aromatic N) is 2. The van der Waals surface area contributed by atoms with Gasteiger partial charge in [-0.1, -0.05) is 42.5 Å². The van der Waals surface area contributed by atoms with E-state index < -0.39 is 0 Å². The molecule has 1 aromatic heterocycles. The van der Waals surface area contributed by atoms with Gasteiger partial charge in [0.25, 0.3) is 0 Å². The lowest BCUT2D eigenvalue weighted by Crippen LogP contribution is -2.35. The van der Waals surface area contributed by atoms with Gasteiger partial charge in [0, 0.05) is 30.2 Å². The molecular weight excluding hydrogens is 332 g/mol. The molecule has 3 aromatic rings. The number of likely N-dealkylation sites (N-methyl/N-ethyl adjacent to an activating group) is 1. The van der Waals surface area contributed by atoms with Gasteiger partial charge in [-0.2, -0.15) is 0 Å². The number of aromatic nitrogens is 1. The van der Waals surface area contributed by atoms with Gasteiger partial charge in [-0.25, -0.2) is 4.98 Å². The van der Waals surface area contributed by atoms with Crippen LogP contribution in [0.5, 0.6) is 0 Å². The lowest BCUT2D eigenvalue weighted by molar-refractivity contribution is -0.117.